The van der Waals surface area contributed by atoms with E-state index in [2.05, 4.69) is 0 Å². The summed E-state index contributed by atoms with van der Waals surface area (Å²) in [6, 6.07) is 0. The average Bonchev–Trinajstić information content (AvgIpc) is 0.811. The van der Waals surface area contributed by atoms with E-state index in [9.17, 15) is 0 Å². The Morgan fingerprint density at radius 1 is 1.33 bits per heavy atom. The average molecular weight is 192 g/mol. The van der Waals surface area contributed by atoms with Crippen molar-refractivity contribution in [1.29, 1.82) is 0 Å². The molecule has 0 bridgehead atoms. The van der Waals surface area contributed by atoms with Gasteiger partial charge in [0.25, 0.3) is 0 Å². The zero-order valence-electron chi connectivity index (χ0n) is 2.88. The van der Waals surface area contributed by atoms with E-state index in [4.69, 9.17) is 15.3 Å². The molecule has 0 aromatic rings. The van der Waals surface area contributed by atoms with E-state index in [1.54, 1.807) is 0 Å². The van der Waals surface area contributed by atoms with E-state index in [1.165, 1.54) is 0 Å². The first-order valence-electron chi connectivity index (χ1n) is 0.548. The number of nitrogens with zero attached hydrogens (tertiary/aromatic N) is 1. The molecule has 0 saturated carbocycles. The Bertz CT molecular complexity index is 30.5. The van der Waals surface area contributed by atoms with Crippen LogP contribution in [0, 0.1) is 15.3 Å². The van der Waals surface area contributed by atoms with E-state index < -0.39 is 5.09 Å². The standard InChI is InChI=1S/Cd.NO3.H2O/c;2-1(3)4;/h;;1H2/q;-1;. The van der Waals surface area contributed by atoms with Crippen LogP contribution in [0.5, 0.6) is 0 Å². The Balaban J connectivity index is -0.0000000450. The minimum Gasteiger partial charge on any atom is -0.412 e. The van der Waals surface area contributed by atoms with Crippen LogP contribution in [0.4, 0.5) is 0 Å². The van der Waals surface area contributed by atoms with Gasteiger partial charge in [-0.15, -0.1) is 0 Å². The van der Waals surface area contributed by atoms with Gasteiger partial charge >= 0.3 is 0 Å². The minimum atomic E-state index is -1.75. The zero-order chi connectivity index (χ0) is 3.58. The molecule has 0 heterocycles. The van der Waals surface area contributed by atoms with Gasteiger partial charge in [0, 0.05) is 27.3 Å². The molecule has 0 radical (unpaired) electrons. The maximum atomic E-state index is 8.25. The van der Waals surface area contributed by atoms with Crippen molar-refractivity contribution in [1.82, 2.24) is 0 Å². The summed E-state index contributed by atoms with van der Waals surface area (Å²) in [7, 11) is 0. The first kappa shape index (κ1) is 16.5. The van der Waals surface area contributed by atoms with Gasteiger partial charge in [0.2, 0.25) is 0 Å². The number of rotatable bonds is 0. The summed E-state index contributed by atoms with van der Waals surface area (Å²) in [6.45, 7) is 0. The first-order chi connectivity index (χ1) is 1.73. The topological polar surface area (TPSA) is 97.7 Å². The Labute approximate surface area is 53.5 Å². The van der Waals surface area contributed by atoms with Crippen LogP contribution in [-0.2, 0) is 27.3 Å². The third-order valence-electron chi connectivity index (χ3n) is 0. The molecule has 6 heteroatoms. The predicted molar refractivity (Wildman–Crippen MR) is 14.0 cm³/mol. The Morgan fingerprint density at radius 3 is 1.33 bits per heavy atom. The molecule has 0 aromatic heterocycles. The van der Waals surface area contributed by atoms with Gasteiger partial charge < -0.3 is 20.8 Å². The third-order valence-corrected chi connectivity index (χ3v) is 0. The summed E-state index contributed by atoms with van der Waals surface area (Å²) < 4.78 is 0. The van der Waals surface area contributed by atoms with Gasteiger partial charge in [0.1, 0.15) is 0 Å². The Morgan fingerprint density at radius 2 is 1.33 bits per heavy atom. The maximum absolute atomic E-state index is 8.25. The zero-order valence-corrected chi connectivity index (χ0v) is 6.92. The van der Waals surface area contributed by atoms with Gasteiger partial charge in [-0.2, -0.15) is 0 Å². The second-order valence-electron chi connectivity index (χ2n) is 0.224. The molecule has 0 aliphatic rings. The molecule has 6 heavy (non-hydrogen) atoms. The molecule has 0 aliphatic carbocycles. The van der Waals surface area contributed by atoms with E-state index in [0.717, 1.165) is 0 Å². The monoisotopic (exact) mass is 194 g/mol. The van der Waals surface area contributed by atoms with Crippen LogP contribution >= 0.6 is 0 Å². The van der Waals surface area contributed by atoms with Crippen LogP contribution < -0.4 is 0 Å². The van der Waals surface area contributed by atoms with Crippen molar-refractivity contribution in [2.45, 2.75) is 0 Å². The largest absolute Gasteiger partial charge is 0.412 e. The van der Waals surface area contributed by atoms with Crippen LogP contribution in [-0.4, -0.2) is 10.6 Å². The van der Waals surface area contributed by atoms with Gasteiger partial charge in [-0.05, 0) is 0 Å². The molecule has 5 nitrogen and oxygen atoms in total. The Kier molecular flexibility index (Phi) is 24.6. The van der Waals surface area contributed by atoms with Crippen LogP contribution in [0.1, 0.15) is 0 Å². The summed E-state index contributed by atoms with van der Waals surface area (Å²) in [5.74, 6) is 0. The van der Waals surface area contributed by atoms with E-state index in [-0.39, 0.29) is 32.8 Å². The van der Waals surface area contributed by atoms with Crippen LogP contribution in [0.25, 0.3) is 0 Å². The fourth-order valence-electron chi connectivity index (χ4n) is 0. The van der Waals surface area contributed by atoms with Gasteiger partial charge in [0.15, 0.2) is 0 Å². The molecular formula is H2CdNO4-. The molecule has 0 unspecified atom stereocenters. The molecule has 0 rings (SSSR count). The van der Waals surface area contributed by atoms with Gasteiger partial charge in [-0.3, -0.25) is 0 Å². The third kappa shape index (κ3) is 5760. The second kappa shape index (κ2) is 8.91. The summed E-state index contributed by atoms with van der Waals surface area (Å²) in [5.41, 5.74) is 0. The van der Waals surface area contributed by atoms with E-state index in [0.29, 0.717) is 0 Å². The maximum Gasteiger partial charge on any atom is 0.0689 e. The van der Waals surface area contributed by atoms with Crippen LogP contribution in [0.3, 0.4) is 0 Å². The first-order valence-corrected chi connectivity index (χ1v) is 0.548. The van der Waals surface area contributed by atoms with Crippen molar-refractivity contribution in [3.05, 3.63) is 15.3 Å². The summed E-state index contributed by atoms with van der Waals surface area (Å²) in [6.07, 6.45) is 0. The molecule has 0 spiro atoms. The van der Waals surface area contributed by atoms with Crippen LogP contribution in [0.15, 0.2) is 0 Å². The number of hydrogen-bond acceptors (Lipinski definition) is 3. The fourth-order valence-corrected chi connectivity index (χ4v) is 0. The van der Waals surface area contributed by atoms with Crippen molar-refractivity contribution in [2.75, 3.05) is 0 Å². The molecule has 0 aromatic carbocycles. The predicted octanol–water partition coefficient (Wildman–Crippen LogP) is -1.07. The van der Waals surface area contributed by atoms with Crippen molar-refractivity contribution >= 4 is 0 Å². The van der Waals surface area contributed by atoms with Crippen molar-refractivity contribution < 1.29 is 37.9 Å². The normalized spacial score (nSPS) is 4.00. The van der Waals surface area contributed by atoms with Gasteiger partial charge in [-0.25, -0.2) is 0 Å². The quantitative estimate of drug-likeness (QED) is 0.278. The summed E-state index contributed by atoms with van der Waals surface area (Å²) >= 11 is 0. The van der Waals surface area contributed by atoms with Crippen molar-refractivity contribution in [3.8, 4) is 0 Å². The number of hydrogen-bond donors (Lipinski definition) is 0. The molecular weight excluding hydrogens is 190 g/mol. The van der Waals surface area contributed by atoms with Gasteiger partial charge in [-0.1, -0.05) is 0 Å². The second-order valence-corrected chi connectivity index (χ2v) is 0.224. The van der Waals surface area contributed by atoms with E-state index in [1.807, 2.05) is 0 Å². The molecule has 34 valence electrons. The SMILES string of the molecule is O.O=[N+]([O-])[O-].[Cd]. The van der Waals surface area contributed by atoms with Crippen LogP contribution in [0.2, 0.25) is 0 Å². The van der Waals surface area contributed by atoms with Crippen molar-refractivity contribution in [3.63, 3.8) is 0 Å². The molecule has 0 aliphatic heterocycles. The summed E-state index contributed by atoms with van der Waals surface area (Å²) in [4.78, 5) is 8.25. The van der Waals surface area contributed by atoms with E-state index >= 15 is 0 Å². The summed E-state index contributed by atoms with van der Waals surface area (Å²) in [5, 5.41) is 14.8. The fraction of sp³-hybridized carbons (Fsp3) is 0. The Hall–Kier alpha value is 0.0821. The van der Waals surface area contributed by atoms with Gasteiger partial charge in [0.05, 0.1) is 5.09 Å². The minimum absolute atomic E-state index is 0. The smallest absolute Gasteiger partial charge is 0.0689 e. The molecule has 2 N–H and O–H groups in total. The molecule has 0 saturated heterocycles. The molecule has 0 fully saturated rings. The van der Waals surface area contributed by atoms with Crippen molar-refractivity contribution in [2.24, 2.45) is 0 Å². The molecule has 0 atom stereocenters. The molecule has 0 amide bonds.